The van der Waals surface area contributed by atoms with Crippen molar-refractivity contribution in [1.29, 1.82) is 0 Å². The molecule has 2 aliphatic heterocycles. The number of halogens is 4. The van der Waals surface area contributed by atoms with Crippen LogP contribution in [0.3, 0.4) is 0 Å². The van der Waals surface area contributed by atoms with Crippen molar-refractivity contribution < 1.29 is 27.1 Å². The number of likely N-dealkylation sites (tertiary alicyclic amines) is 1. The Balaban J connectivity index is 1.46. The Morgan fingerprint density at radius 1 is 1.19 bits per heavy atom. The van der Waals surface area contributed by atoms with E-state index in [4.69, 9.17) is 10.5 Å². The molecule has 6 rings (SSSR count). The highest BCUT2D eigenvalue weighted by molar-refractivity contribution is 5.99. The van der Waals surface area contributed by atoms with Crippen LogP contribution in [0.15, 0.2) is 42.9 Å². The number of nitrogen functional groups attached to an aromatic ring is 1. The first-order chi connectivity index (χ1) is 16.9. The molecule has 0 spiro atoms. The summed E-state index contributed by atoms with van der Waals surface area (Å²) in [6, 6.07) is 5.21. The average Bonchev–Trinajstić information content (AvgIpc) is 3.41. The fourth-order valence-electron chi connectivity index (χ4n) is 5.39. The first-order valence-corrected chi connectivity index (χ1v) is 11.3. The van der Waals surface area contributed by atoms with Gasteiger partial charge in [0.25, 0.3) is 5.91 Å². The fourth-order valence-corrected chi connectivity index (χ4v) is 5.39. The van der Waals surface area contributed by atoms with E-state index in [9.17, 15) is 18.0 Å². The summed E-state index contributed by atoms with van der Waals surface area (Å²) in [5, 5.41) is 0. The molecule has 2 atom stereocenters. The molecule has 36 heavy (non-hydrogen) atoms. The third-order valence-corrected chi connectivity index (χ3v) is 6.93. The molecule has 2 aromatic heterocycles. The van der Waals surface area contributed by atoms with E-state index in [0.717, 1.165) is 18.2 Å². The molecule has 1 fully saturated rings. The minimum atomic E-state index is -4.52. The average molecular weight is 499 g/mol. The van der Waals surface area contributed by atoms with Gasteiger partial charge < -0.3 is 15.4 Å². The van der Waals surface area contributed by atoms with Crippen molar-refractivity contribution >= 4 is 28.3 Å². The smallest absolute Gasteiger partial charge is 0.416 e. The number of nitrogens with zero attached hydrogens (tertiary/aromatic N) is 4. The maximum Gasteiger partial charge on any atom is 0.416 e. The van der Waals surface area contributed by atoms with Crippen LogP contribution < -0.4 is 10.5 Å². The van der Waals surface area contributed by atoms with Crippen molar-refractivity contribution in [3.63, 3.8) is 0 Å². The Morgan fingerprint density at radius 3 is 2.72 bits per heavy atom. The van der Waals surface area contributed by atoms with Crippen molar-refractivity contribution in [3.8, 4) is 5.75 Å². The number of anilines is 1. The molecule has 4 heterocycles. The predicted octanol–water partition coefficient (Wildman–Crippen LogP) is 5.00. The molecule has 1 saturated heterocycles. The number of fused-ring (bicyclic) bond motifs is 6. The molecule has 2 aliphatic rings. The summed E-state index contributed by atoms with van der Waals surface area (Å²) in [6.45, 7) is 4.15. The topological polar surface area (TPSA) is 85.8 Å². The standard InChI is InChI=1S/C25H21F4N5O2/c1-24(2)8-20-21(13-4-3-12(25(27,28)29)5-19(13)36-20)33(10-24)23(35)14-6-17-16(7-15(14)26)32-22(30)18-9-31-11-34(17)18/h3-7,9,11,20-21H,8,10H2,1-2H3,(H2,30,32)/t20-,21-/m0/s1. The zero-order valence-corrected chi connectivity index (χ0v) is 19.3. The molecule has 186 valence electrons. The zero-order valence-electron chi connectivity index (χ0n) is 19.3. The van der Waals surface area contributed by atoms with Gasteiger partial charge in [-0.2, -0.15) is 13.2 Å². The molecular formula is C25H21F4N5O2. The highest BCUT2D eigenvalue weighted by Crippen LogP contribution is 2.50. The number of carbonyl (C=O) groups is 1. The van der Waals surface area contributed by atoms with Crippen molar-refractivity contribution in [2.24, 2.45) is 5.41 Å². The quantitative estimate of drug-likeness (QED) is 0.373. The molecule has 2 aromatic carbocycles. The second-order valence-corrected chi connectivity index (χ2v) is 10.1. The molecule has 0 aliphatic carbocycles. The molecule has 0 bridgehead atoms. The van der Waals surface area contributed by atoms with Crippen molar-refractivity contribution in [1.82, 2.24) is 19.3 Å². The number of nitrogens with two attached hydrogens (primary N) is 1. The second kappa shape index (κ2) is 7.31. The molecule has 0 radical (unpaired) electrons. The van der Waals surface area contributed by atoms with E-state index < -0.39 is 41.0 Å². The van der Waals surface area contributed by atoms with Gasteiger partial charge >= 0.3 is 6.18 Å². The molecule has 0 saturated carbocycles. The third kappa shape index (κ3) is 3.36. The fraction of sp³-hybridized carbons (Fsp3) is 0.320. The maximum absolute atomic E-state index is 15.3. The zero-order chi connectivity index (χ0) is 25.6. The number of carbonyl (C=O) groups excluding carboxylic acids is 1. The Labute approximate surface area is 202 Å². The van der Waals surface area contributed by atoms with Crippen LogP contribution in [0.5, 0.6) is 5.75 Å². The summed E-state index contributed by atoms with van der Waals surface area (Å²) in [6.07, 6.45) is -1.53. The Kier molecular flexibility index (Phi) is 4.58. The molecule has 0 unspecified atom stereocenters. The van der Waals surface area contributed by atoms with Crippen LogP contribution in [0.1, 0.15) is 47.8 Å². The molecule has 2 N–H and O–H groups in total. The van der Waals surface area contributed by atoms with Gasteiger partial charge in [-0.25, -0.2) is 14.4 Å². The lowest BCUT2D eigenvalue weighted by molar-refractivity contribution is -0.137. The lowest BCUT2D eigenvalue weighted by atomic mass is 9.78. The van der Waals surface area contributed by atoms with Gasteiger partial charge in [0.05, 0.1) is 40.7 Å². The number of benzene rings is 2. The minimum absolute atomic E-state index is 0.0918. The van der Waals surface area contributed by atoms with E-state index in [0.29, 0.717) is 23.0 Å². The van der Waals surface area contributed by atoms with Gasteiger partial charge in [-0.3, -0.25) is 9.20 Å². The monoisotopic (exact) mass is 499 g/mol. The van der Waals surface area contributed by atoms with E-state index in [1.165, 1.54) is 29.6 Å². The Hall–Kier alpha value is -3.89. The first-order valence-electron chi connectivity index (χ1n) is 11.3. The summed E-state index contributed by atoms with van der Waals surface area (Å²) >= 11 is 0. The number of piperidine rings is 1. The van der Waals surface area contributed by atoms with Crippen LogP contribution in [0.25, 0.3) is 16.6 Å². The number of alkyl halides is 3. The van der Waals surface area contributed by atoms with Crippen LogP contribution in [0.2, 0.25) is 0 Å². The lowest BCUT2D eigenvalue weighted by Gasteiger charge is -2.45. The maximum atomic E-state index is 15.3. The molecule has 11 heteroatoms. The molecule has 7 nitrogen and oxygen atoms in total. The largest absolute Gasteiger partial charge is 0.488 e. The second-order valence-electron chi connectivity index (χ2n) is 10.1. The van der Waals surface area contributed by atoms with Crippen LogP contribution in [0, 0.1) is 11.2 Å². The number of hydrogen-bond donors (Lipinski definition) is 1. The van der Waals surface area contributed by atoms with Crippen LogP contribution >= 0.6 is 0 Å². The van der Waals surface area contributed by atoms with Gasteiger partial charge in [-0.05, 0) is 30.0 Å². The highest BCUT2D eigenvalue weighted by atomic mass is 19.4. The minimum Gasteiger partial charge on any atom is -0.488 e. The Morgan fingerprint density at radius 2 is 1.97 bits per heavy atom. The van der Waals surface area contributed by atoms with Crippen LogP contribution in [-0.2, 0) is 6.18 Å². The Bertz CT molecular complexity index is 1560. The van der Waals surface area contributed by atoms with Crippen molar-refractivity contribution in [2.45, 2.75) is 38.6 Å². The molecule has 1 amide bonds. The van der Waals surface area contributed by atoms with E-state index in [-0.39, 0.29) is 29.2 Å². The summed E-state index contributed by atoms with van der Waals surface area (Å²) in [5.74, 6) is -1.09. The number of amides is 1. The van der Waals surface area contributed by atoms with Gasteiger partial charge in [0, 0.05) is 18.2 Å². The summed E-state index contributed by atoms with van der Waals surface area (Å²) in [4.78, 5) is 23.7. The third-order valence-electron chi connectivity index (χ3n) is 6.93. The number of ether oxygens (including phenoxy) is 1. The number of rotatable bonds is 1. The van der Waals surface area contributed by atoms with E-state index in [1.54, 1.807) is 4.40 Å². The summed E-state index contributed by atoms with van der Waals surface area (Å²) in [7, 11) is 0. The molecular weight excluding hydrogens is 478 g/mol. The number of hydrogen-bond acceptors (Lipinski definition) is 5. The van der Waals surface area contributed by atoms with Gasteiger partial charge in [-0.1, -0.05) is 19.9 Å². The predicted molar refractivity (Wildman–Crippen MR) is 123 cm³/mol. The van der Waals surface area contributed by atoms with Crippen molar-refractivity contribution in [2.75, 3.05) is 12.3 Å². The SMILES string of the molecule is CC1(C)C[C@@H]2Oc3cc(C(F)(F)F)ccc3[C@@H]2N(C(=O)c2cc3c(cc2F)nc(N)c2cncn23)C1. The van der Waals surface area contributed by atoms with Gasteiger partial charge in [0.1, 0.15) is 29.0 Å². The van der Waals surface area contributed by atoms with E-state index in [2.05, 4.69) is 9.97 Å². The van der Waals surface area contributed by atoms with Crippen LogP contribution in [0.4, 0.5) is 23.4 Å². The van der Waals surface area contributed by atoms with E-state index in [1.807, 2.05) is 13.8 Å². The molecule has 4 aromatic rings. The lowest BCUT2D eigenvalue weighted by Crippen LogP contribution is -2.51. The summed E-state index contributed by atoms with van der Waals surface area (Å²) in [5.41, 5.74) is 6.24. The number of aromatic nitrogens is 3. The van der Waals surface area contributed by atoms with Gasteiger partial charge in [0.2, 0.25) is 0 Å². The van der Waals surface area contributed by atoms with Crippen LogP contribution in [-0.4, -0.2) is 37.8 Å². The van der Waals surface area contributed by atoms with Crippen molar-refractivity contribution in [3.05, 3.63) is 65.4 Å². The number of imidazole rings is 1. The van der Waals surface area contributed by atoms with Gasteiger partial charge in [0.15, 0.2) is 0 Å². The first kappa shape index (κ1) is 22.6. The normalized spacial score (nSPS) is 20.9. The highest BCUT2D eigenvalue weighted by Gasteiger charge is 2.49. The van der Waals surface area contributed by atoms with Gasteiger partial charge in [-0.15, -0.1) is 0 Å². The summed E-state index contributed by atoms with van der Waals surface area (Å²) < 4.78 is 62.7. The van der Waals surface area contributed by atoms with E-state index >= 15 is 4.39 Å².